The average molecular weight is 517 g/mol. The zero-order chi connectivity index (χ0) is 26.8. The van der Waals surface area contributed by atoms with Crippen molar-refractivity contribution in [3.8, 4) is 0 Å². The molecule has 2 aromatic rings. The van der Waals surface area contributed by atoms with Crippen molar-refractivity contribution in [1.82, 2.24) is 20.9 Å². The lowest BCUT2D eigenvalue weighted by atomic mass is 9.78. The summed E-state index contributed by atoms with van der Waals surface area (Å²) in [5.74, 6) is -1.33. The van der Waals surface area contributed by atoms with Gasteiger partial charge in [-0.15, -0.1) is 0 Å². The van der Waals surface area contributed by atoms with Gasteiger partial charge in [0, 0.05) is 24.1 Å². The Bertz CT molecular complexity index is 1230. The molecule has 0 saturated heterocycles. The lowest BCUT2D eigenvalue weighted by Crippen LogP contribution is -2.53. The fourth-order valence-electron chi connectivity index (χ4n) is 4.99. The molecule has 1 heterocycles. The first-order valence-corrected chi connectivity index (χ1v) is 11.8. The van der Waals surface area contributed by atoms with Gasteiger partial charge in [0.2, 0.25) is 12.3 Å². The van der Waals surface area contributed by atoms with Crippen molar-refractivity contribution in [2.75, 3.05) is 6.54 Å². The van der Waals surface area contributed by atoms with E-state index in [1.165, 1.54) is 0 Å². The van der Waals surface area contributed by atoms with Crippen LogP contribution < -0.4 is 16.0 Å². The maximum Gasteiger partial charge on any atom is 0.406 e. The molecular formula is C26H27F3N4O4. The topological polar surface area (TPSA) is 108 Å². The number of halogens is 3. The maximum atomic E-state index is 13.2. The maximum absolute atomic E-state index is 13.2. The third-order valence-electron chi connectivity index (χ3n) is 6.79. The van der Waals surface area contributed by atoms with Crippen LogP contribution in [0, 0.1) is 0 Å². The molecule has 0 bridgehead atoms. The molecule has 0 saturated carbocycles. The van der Waals surface area contributed by atoms with Gasteiger partial charge in [0.25, 0.3) is 5.91 Å². The second kappa shape index (κ2) is 10.2. The van der Waals surface area contributed by atoms with Crippen molar-refractivity contribution in [3.05, 3.63) is 70.3 Å². The van der Waals surface area contributed by atoms with Gasteiger partial charge in [-0.2, -0.15) is 13.2 Å². The first kappa shape index (κ1) is 26.2. The van der Waals surface area contributed by atoms with Crippen LogP contribution in [0.1, 0.15) is 46.0 Å². The van der Waals surface area contributed by atoms with Crippen molar-refractivity contribution in [3.63, 3.8) is 0 Å². The second-order valence-electron chi connectivity index (χ2n) is 9.75. The molecule has 3 N–H and O–H groups in total. The summed E-state index contributed by atoms with van der Waals surface area (Å²) in [6.07, 6.45) is -2.56. The standard InChI is InChI=1S/C26H27F3N4O4/c1-25(32-24(37)30-15-34)9-8-17-10-18(6-7-19(17)12-25)22(35)31-21-11-16-4-2-3-5-20(16)13-33(23(21)36)14-26(27,28)29/h2-7,10,15,21H,8-9,11-14H2,1H3,(H,31,35)(H2,30,32,34,37)/t21-,25?/m1/s1. The highest BCUT2D eigenvalue weighted by atomic mass is 19.4. The second-order valence-corrected chi connectivity index (χ2v) is 9.75. The number of alkyl halides is 3. The first-order chi connectivity index (χ1) is 17.5. The van der Waals surface area contributed by atoms with E-state index in [-0.39, 0.29) is 13.0 Å². The molecule has 4 rings (SSSR count). The van der Waals surface area contributed by atoms with Gasteiger partial charge >= 0.3 is 12.2 Å². The number of urea groups is 1. The van der Waals surface area contributed by atoms with E-state index in [1.807, 2.05) is 6.92 Å². The van der Waals surface area contributed by atoms with E-state index in [0.717, 1.165) is 16.0 Å². The van der Waals surface area contributed by atoms with E-state index < -0.39 is 42.1 Å². The van der Waals surface area contributed by atoms with Crippen LogP contribution in [0.15, 0.2) is 42.5 Å². The predicted octanol–water partition coefficient (Wildman–Crippen LogP) is 2.64. The number of imide groups is 1. The number of rotatable bonds is 5. The van der Waals surface area contributed by atoms with Gasteiger partial charge in [-0.25, -0.2) is 4.79 Å². The molecule has 1 aliphatic carbocycles. The molecule has 2 aliphatic rings. The number of amides is 5. The Morgan fingerprint density at radius 1 is 1.11 bits per heavy atom. The summed E-state index contributed by atoms with van der Waals surface area (Å²) in [6.45, 7) is 0.281. The van der Waals surface area contributed by atoms with Crippen molar-refractivity contribution >= 4 is 24.3 Å². The smallest absolute Gasteiger partial charge is 0.340 e. The number of nitrogens with one attached hydrogen (secondary N) is 3. The molecule has 0 spiro atoms. The summed E-state index contributed by atoms with van der Waals surface area (Å²) in [7, 11) is 0. The number of carbonyl (C=O) groups excluding carboxylic acids is 4. The minimum absolute atomic E-state index is 0.0902. The first-order valence-electron chi connectivity index (χ1n) is 11.8. The number of carbonyl (C=O) groups is 4. The third-order valence-corrected chi connectivity index (χ3v) is 6.79. The van der Waals surface area contributed by atoms with Crippen LogP contribution in [0.5, 0.6) is 0 Å². The van der Waals surface area contributed by atoms with E-state index in [0.29, 0.717) is 42.4 Å². The van der Waals surface area contributed by atoms with Crippen molar-refractivity contribution in [2.45, 2.75) is 56.9 Å². The van der Waals surface area contributed by atoms with Gasteiger partial charge in [0.15, 0.2) is 0 Å². The highest BCUT2D eigenvalue weighted by Crippen LogP contribution is 2.30. The highest BCUT2D eigenvalue weighted by molar-refractivity contribution is 5.98. The Morgan fingerprint density at radius 2 is 1.84 bits per heavy atom. The van der Waals surface area contributed by atoms with Crippen LogP contribution in [0.2, 0.25) is 0 Å². The van der Waals surface area contributed by atoms with Crippen LogP contribution in [0.3, 0.4) is 0 Å². The van der Waals surface area contributed by atoms with Gasteiger partial charge < -0.3 is 15.5 Å². The number of hydrogen-bond acceptors (Lipinski definition) is 4. The number of hydrogen-bond donors (Lipinski definition) is 3. The van der Waals surface area contributed by atoms with E-state index in [2.05, 4.69) is 16.0 Å². The van der Waals surface area contributed by atoms with Gasteiger partial charge in [-0.1, -0.05) is 30.3 Å². The molecule has 0 fully saturated rings. The molecule has 11 heteroatoms. The Balaban J connectivity index is 1.51. The predicted molar refractivity (Wildman–Crippen MR) is 127 cm³/mol. The van der Waals surface area contributed by atoms with Crippen LogP contribution in [0.4, 0.5) is 18.0 Å². The normalized spacial score (nSPS) is 21.2. The van der Waals surface area contributed by atoms with Crippen LogP contribution in [-0.2, 0) is 35.4 Å². The Labute approximate surface area is 211 Å². The van der Waals surface area contributed by atoms with Gasteiger partial charge in [-0.05, 0) is 60.6 Å². The van der Waals surface area contributed by atoms with E-state index in [4.69, 9.17) is 0 Å². The van der Waals surface area contributed by atoms with Gasteiger partial charge in [0.05, 0.1) is 0 Å². The lowest BCUT2D eigenvalue weighted by molar-refractivity contribution is -0.163. The fourth-order valence-corrected chi connectivity index (χ4v) is 4.99. The summed E-state index contributed by atoms with van der Waals surface area (Å²) >= 11 is 0. The molecule has 5 amide bonds. The zero-order valence-corrected chi connectivity index (χ0v) is 20.2. The van der Waals surface area contributed by atoms with Crippen LogP contribution >= 0.6 is 0 Å². The van der Waals surface area contributed by atoms with Crippen molar-refractivity contribution < 1.29 is 32.3 Å². The minimum Gasteiger partial charge on any atom is -0.340 e. The molecule has 2 aromatic carbocycles. The number of nitrogens with zero attached hydrogens (tertiary/aromatic N) is 1. The van der Waals surface area contributed by atoms with Gasteiger partial charge in [-0.3, -0.25) is 19.7 Å². The Morgan fingerprint density at radius 3 is 2.54 bits per heavy atom. The third kappa shape index (κ3) is 6.28. The molecule has 8 nitrogen and oxygen atoms in total. The number of benzene rings is 2. The zero-order valence-electron chi connectivity index (χ0n) is 20.2. The van der Waals surface area contributed by atoms with E-state index >= 15 is 0 Å². The SMILES string of the molecule is CC1(NC(=O)NC=O)CCc2cc(C(=O)N[C@@H]3Cc4ccccc4CN(CC(F)(F)F)C3=O)ccc2C1. The summed E-state index contributed by atoms with van der Waals surface area (Å²) in [5.41, 5.74) is 2.87. The largest absolute Gasteiger partial charge is 0.406 e. The molecule has 1 aliphatic heterocycles. The molecule has 1 unspecified atom stereocenters. The van der Waals surface area contributed by atoms with Crippen molar-refractivity contribution in [2.24, 2.45) is 0 Å². The highest BCUT2D eigenvalue weighted by Gasteiger charge is 2.38. The minimum atomic E-state index is -4.57. The monoisotopic (exact) mass is 516 g/mol. The number of fused-ring (bicyclic) bond motifs is 2. The Kier molecular flexibility index (Phi) is 7.24. The molecule has 37 heavy (non-hydrogen) atoms. The molecule has 0 aromatic heterocycles. The Hall–Kier alpha value is -3.89. The van der Waals surface area contributed by atoms with E-state index in [9.17, 15) is 32.3 Å². The van der Waals surface area contributed by atoms with Crippen LogP contribution in [-0.4, -0.2) is 53.5 Å². The summed E-state index contributed by atoms with van der Waals surface area (Å²) in [6, 6.07) is 10.2. The fraction of sp³-hybridized carbons (Fsp3) is 0.385. The van der Waals surface area contributed by atoms with E-state index in [1.54, 1.807) is 42.5 Å². The molecular weight excluding hydrogens is 489 g/mol. The number of aryl methyl sites for hydroxylation is 1. The summed E-state index contributed by atoms with van der Waals surface area (Å²) in [5, 5.41) is 7.49. The van der Waals surface area contributed by atoms with Crippen molar-refractivity contribution in [1.29, 1.82) is 0 Å². The quantitative estimate of drug-likeness (QED) is 0.531. The molecule has 196 valence electrons. The molecule has 2 atom stereocenters. The van der Waals surface area contributed by atoms with Crippen LogP contribution in [0.25, 0.3) is 0 Å². The van der Waals surface area contributed by atoms with Gasteiger partial charge in [0.1, 0.15) is 12.6 Å². The average Bonchev–Trinajstić information content (AvgIpc) is 2.94. The lowest BCUT2D eigenvalue weighted by Gasteiger charge is -2.35. The summed E-state index contributed by atoms with van der Waals surface area (Å²) < 4.78 is 39.5. The summed E-state index contributed by atoms with van der Waals surface area (Å²) in [4.78, 5) is 49.2. The molecule has 0 radical (unpaired) electrons.